The van der Waals surface area contributed by atoms with Gasteiger partial charge in [-0.2, -0.15) is 0 Å². The molecule has 23 heavy (non-hydrogen) atoms. The first-order valence-corrected chi connectivity index (χ1v) is 7.58. The predicted octanol–water partition coefficient (Wildman–Crippen LogP) is 1.81. The van der Waals surface area contributed by atoms with Crippen molar-refractivity contribution >= 4 is 23.6 Å². The molecule has 1 aromatic carbocycles. The van der Waals surface area contributed by atoms with Gasteiger partial charge < -0.3 is 21.1 Å². The molecule has 0 heterocycles. The lowest BCUT2D eigenvalue weighted by Gasteiger charge is -2.18. The van der Waals surface area contributed by atoms with Crippen LogP contribution in [0.1, 0.15) is 37.0 Å². The summed E-state index contributed by atoms with van der Waals surface area (Å²) in [4.78, 5) is 35.0. The predicted molar refractivity (Wildman–Crippen MR) is 85.3 cm³/mol. The van der Waals surface area contributed by atoms with Gasteiger partial charge in [0, 0.05) is 17.3 Å². The number of amides is 3. The van der Waals surface area contributed by atoms with E-state index in [9.17, 15) is 14.4 Å². The molecule has 2 rings (SSSR count). The minimum Gasteiger partial charge on any atom is -0.480 e. The number of urea groups is 1. The molecular formula is C16H21N3O4. The summed E-state index contributed by atoms with van der Waals surface area (Å²) < 4.78 is 0. The minimum absolute atomic E-state index is 0.234. The SMILES string of the molecule is CC(C)[C@H](NC(=O)c1cccc(NC(=O)NC2CC2)c1)C(=O)O. The van der Waals surface area contributed by atoms with Gasteiger partial charge in [0.25, 0.3) is 5.91 Å². The molecule has 7 nitrogen and oxygen atoms in total. The summed E-state index contributed by atoms with van der Waals surface area (Å²) in [7, 11) is 0. The second-order valence-electron chi connectivity index (χ2n) is 5.99. The number of benzene rings is 1. The van der Waals surface area contributed by atoms with Crippen molar-refractivity contribution in [1.29, 1.82) is 0 Å². The van der Waals surface area contributed by atoms with E-state index >= 15 is 0 Å². The van der Waals surface area contributed by atoms with Crippen LogP contribution in [0.2, 0.25) is 0 Å². The van der Waals surface area contributed by atoms with Crippen molar-refractivity contribution < 1.29 is 19.5 Å². The van der Waals surface area contributed by atoms with Crippen molar-refractivity contribution in [3.8, 4) is 0 Å². The maximum absolute atomic E-state index is 12.2. The fourth-order valence-corrected chi connectivity index (χ4v) is 2.06. The van der Waals surface area contributed by atoms with Crippen LogP contribution in [0.5, 0.6) is 0 Å². The number of carboxylic acid groups (broad SMARTS) is 1. The number of carboxylic acids is 1. The molecule has 1 aliphatic carbocycles. The van der Waals surface area contributed by atoms with Gasteiger partial charge in [0.2, 0.25) is 0 Å². The van der Waals surface area contributed by atoms with E-state index in [2.05, 4.69) is 16.0 Å². The lowest BCUT2D eigenvalue weighted by molar-refractivity contribution is -0.140. The smallest absolute Gasteiger partial charge is 0.326 e. The third-order valence-electron chi connectivity index (χ3n) is 3.51. The summed E-state index contributed by atoms with van der Waals surface area (Å²) in [5.41, 5.74) is 0.772. The van der Waals surface area contributed by atoms with Gasteiger partial charge in [-0.05, 0) is 37.0 Å². The number of carbonyl (C=O) groups is 3. The molecule has 0 aliphatic heterocycles. The summed E-state index contributed by atoms with van der Waals surface area (Å²) in [6.45, 7) is 3.44. The quantitative estimate of drug-likeness (QED) is 0.641. The van der Waals surface area contributed by atoms with Gasteiger partial charge in [0.15, 0.2) is 0 Å². The van der Waals surface area contributed by atoms with E-state index in [0.29, 0.717) is 11.3 Å². The minimum atomic E-state index is -1.08. The van der Waals surface area contributed by atoms with E-state index in [0.717, 1.165) is 12.8 Å². The number of rotatable bonds is 6. The van der Waals surface area contributed by atoms with Crippen LogP contribution in [0.15, 0.2) is 24.3 Å². The highest BCUT2D eigenvalue weighted by Crippen LogP contribution is 2.19. The highest BCUT2D eigenvalue weighted by Gasteiger charge is 2.25. The summed E-state index contributed by atoms with van der Waals surface area (Å²) in [6.07, 6.45) is 1.98. The molecule has 1 atom stereocenters. The van der Waals surface area contributed by atoms with Crippen molar-refractivity contribution in [2.24, 2.45) is 5.92 Å². The van der Waals surface area contributed by atoms with Crippen LogP contribution < -0.4 is 16.0 Å². The molecule has 4 N–H and O–H groups in total. The van der Waals surface area contributed by atoms with Gasteiger partial charge in [-0.3, -0.25) is 4.79 Å². The zero-order valence-corrected chi connectivity index (χ0v) is 13.1. The van der Waals surface area contributed by atoms with Crippen LogP contribution in [0, 0.1) is 5.92 Å². The number of anilines is 1. The molecule has 1 aliphatic rings. The Labute approximate surface area is 134 Å². The number of hydrogen-bond donors (Lipinski definition) is 4. The molecule has 3 amide bonds. The molecule has 0 saturated heterocycles. The zero-order valence-electron chi connectivity index (χ0n) is 13.1. The Morgan fingerprint density at radius 3 is 2.48 bits per heavy atom. The topological polar surface area (TPSA) is 108 Å². The molecule has 0 radical (unpaired) electrons. The van der Waals surface area contributed by atoms with Gasteiger partial charge in [-0.1, -0.05) is 19.9 Å². The van der Waals surface area contributed by atoms with E-state index in [1.54, 1.807) is 32.0 Å². The van der Waals surface area contributed by atoms with Crippen LogP contribution in [0.25, 0.3) is 0 Å². The maximum Gasteiger partial charge on any atom is 0.326 e. The van der Waals surface area contributed by atoms with E-state index in [1.165, 1.54) is 6.07 Å². The van der Waals surface area contributed by atoms with Gasteiger partial charge >= 0.3 is 12.0 Å². The average Bonchev–Trinajstić information content (AvgIpc) is 3.27. The second-order valence-corrected chi connectivity index (χ2v) is 5.99. The Hall–Kier alpha value is -2.57. The van der Waals surface area contributed by atoms with E-state index in [1.807, 2.05) is 0 Å². The first-order chi connectivity index (χ1) is 10.9. The van der Waals surface area contributed by atoms with E-state index in [4.69, 9.17) is 5.11 Å². The van der Waals surface area contributed by atoms with Crippen molar-refractivity contribution in [2.75, 3.05) is 5.32 Å². The standard InChI is InChI=1S/C16H21N3O4/c1-9(2)13(15(21)22)19-14(20)10-4-3-5-12(8-10)18-16(23)17-11-6-7-11/h3-5,8-9,11,13H,6-7H2,1-2H3,(H,19,20)(H,21,22)(H2,17,18,23)/t13-/m0/s1. The highest BCUT2D eigenvalue weighted by molar-refractivity contribution is 5.98. The van der Waals surface area contributed by atoms with Gasteiger partial charge in [0.05, 0.1) is 0 Å². The number of carbonyl (C=O) groups excluding carboxylic acids is 2. The Morgan fingerprint density at radius 2 is 1.91 bits per heavy atom. The first-order valence-electron chi connectivity index (χ1n) is 7.58. The Balaban J connectivity index is 2.01. The van der Waals surface area contributed by atoms with Crippen molar-refractivity contribution in [3.63, 3.8) is 0 Å². The van der Waals surface area contributed by atoms with Gasteiger partial charge in [-0.15, -0.1) is 0 Å². The largest absolute Gasteiger partial charge is 0.480 e. The first kappa shape index (κ1) is 16.8. The van der Waals surface area contributed by atoms with E-state index in [-0.39, 0.29) is 18.0 Å². The van der Waals surface area contributed by atoms with Crippen LogP contribution in [-0.2, 0) is 4.79 Å². The second kappa shape index (κ2) is 7.13. The van der Waals surface area contributed by atoms with Gasteiger partial charge in [0.1, 0.15) is 6.04 Å². The summed E-state index contributed by atoms with van der Waals surface area (Å²) in [5.74, 6) is -1.80. The lowest BCUT2D eigenvalue weighted by Crippen LogP contribution is -2.44. The summed E-state index contributed by atoms with van der Waals surface area (Å²) in [6, 6.07) is 5.35. The molecular weight excluding hydrogens is 298 g/mol. The number of hydrogen-bond acceptors (Lipinski definition) is 3. The van der Waals surface area contributed by atoms with Crippen molar-refractivity contribution in [3.05, 3.63) is 29.8 Å². The molecule has 0 aromatic heterocycles. The van der Waals surface area contributed by atoms with Crippen molar-refractivity contribution in [2.45, 2.75) is 38.8 Å². The zero-order chi connectivity index (χ0) is 17.0. The lowest BCUT2D eigenvalue weighted by atomic mass is 10.0. The normalized spacial score (nSPS) is 14.9. The Bertz CT molecular complexity index is 611. The Morgan fingerprint density at radius 1 is 1.22 bits per heavy atom. The molecule has 0 bridgehead atoms. The molecule has 1 aromatic rings. The highest BCUT2D eigenvalue weighted by atomic mass is 16.4. The molecule has 1 fully saturated rings. The fourth-order valence-electron chi connectivity index (χ4n) is 2.06. The van der Waals surface area contributed by atoms with E-state index < -0.39 is 17.9 Å². The number of aliphatic carboxylic acids is 1. The monoisotopic (exact) mass is 319 g/mol. The number of nitrogens with one attached hydrogen (secondary N) is 3. The summed E-state index contributed by atoms with van der Waals surface area (Å²) in [5, 5.41) is 17.1. The molecule has 1 saturated carbocycles. The summed E-state index contributed by atoms with van der Waals surface area (Å²) >= 11 is 0. The van der Waals surface area contributed by atoms with Crippen LogP contribution in [0.3, 0.4) is 0 Å². The van der Waals surface area contributed by atoms with Crippen LogP contribution in [0.4, 0.5) is 10.5 Å². The Kier molecular flexibility index (Phi) is 5.20. The fraction of sp³-hybridized carbons (Fsp3) is 0.438. The molecule has 0 spiro atoms. The average molecular weight is 319 g/mol. The maximum atomic E-state index is 12.2. The molecule has 124 valence electrons. The third kappa shape index (κ3) is 4.98. The van der Waals surface area contributed by atoms with Crippen LogP contribution >= 0.6 is 0 Å². The third-order valence-corrected chi connectivity index (χ3v) is 3.51. The van der Waals surface area contributed by atoms with Gasteiger partial charge in [-0.25, -0.2) is 9.59 Å². The van der Waals surface area contributed by atoms with Crippen LogP contribution in [-0.4, -0.2) is 35.1 Å². The molecule has 0 unspecified atom stereocenters. The van der Waals surface area contributed by atoms with Crippen molar-refractivity contribution in [1.82, 2.24) is 10.6 Å². The molecule has 7 heteroatoms.